The molecular weight excluding hydrogens is 410 g/mol. The van der Waals surface area contributed by atoms with E-state index >= 15 is 0 Å². The van der Waals surface area contributed by atoms with Crippen LogP contribution in [0, 0.1) is 6.92 Å². The number of carbonyl (C=O) groups excluding carboxylic acids is 1. The van der Waals surface area contributed by atoms with Gasteiger partial charge in [0.15, 0.2) is 5.65 Å². The standard InChI is InChI=1S/C22H19N7O3/c1-13-15-10-25-17(16-11-26-28-7-3-6-24-21(16)28)9-19(15)29(27-13)18-5-4-14(8-20(18)31-2)12-32-22(23)30/h3-11H,12H2,1-2H3,(H2,23,30). The van der Waals surface area contributed by atoms with Gasteiger partial charge in [-0.2, -0.15) is 10.2 Å². The van der Waals surface area contributed by atoms with Crippen LogP contribution in [-0.2, 0) is 11.3 Å². The molecule has 5 rings (SSSR count). The Morgan fingerprint density at radius 2 is 2.06 bits per heavy atom. The fraction of sp³-hybridized carbons (Fsp3) is 0.136. The number of fused-ring (bicyclic) bond motifs is 2. The Morgan fingerprint density at radius 3 is 2.88 bits per heavy atom. The molecule has 4 heterocycles. The normalized spacial score (nSPS) is 11.2. The first kappa shape index (κ1) is 19.5. The summed E-state index contributed by atoms with van der Waals surface area (Å²) >= 11 is 0. The van der Waals surface area contributed by atoms with Crippen molar-refractivity contribution in [2.75, 3.05) is 7.11 Å². The predicted octanol–water partition coefficient (Wildman–Crippen LogP) is 3.04. The van der Waals surface area contributed by atoms with Crippen LogP contribution in [0.2, 0.25) is 0 Å². The molecule has 5 aromatic rings. The summed E-state index contributed by atoms with van der Waals surface area (Å²) in [5, 5.41) is 9.98. The molecule has 0 aliphatic heterocycles. The molecule has 0 saturated carbocycles. The van der Waals surface area contributed by atoms with Gasteiger partial charge in [-0.3, -0.25) is 4.98 Å². The zero-order valence-electron chi connectivity index (χ0n) is 17.4. The molecule has 10 nitrogen and oxygen atoms in total. The number of nitrogens with two attached hydrogens (primary N) is 1. The number of rotatable bonds is 5. The number of amides is 1. The topological polar surface area (TPSA) is 122 Å². The number of aromatic nitrogens is 6. The molecule has 10 heteroatoms. The highest BCUT2D eigenvalue weighted by atomic mass is 16.5. The van der Waals surface area contributed by atoms with E-state index in [1.807, 2.05) is 42.1 Å². The van der Waals surface area contributed by atoms with Gasteiger partial charge in [-0.05, 0) is 36.8 Å². The second kappa shape index (κ2) is 7.65. The highest BCUT2D eigenvalue weighted by Crippen LogP contribution is 2.31. The number of pyridine rings is 1. The zero-order valence-corrected chi connectivity index (χ0v) is 17.4. The van der Waals surface area contributed by atoms with Gasteiger partial charge in [0.1, 0.15) is 18.0 Å². The van der Waals surface area contributed by atoms with Gasteiger partial charge < -0.3 is 15.2 Å². The van der Waals surface area contributed by atoms with Crippen LogP contribution in [0.5, 0.6) is 5.75 Å². The maximum Gasteiger partial charge on any atom is 0.404 e. The maximum absolute atomic E-state index is 10.9. The quantitative estimate of drug-likeness (QED) is 0.455. The van der Waals surface area contributed by atoms with Crippen LogP contribution < -0.4 is 10.5 Å². The molecule has 0 unspecified atom stereocenters. The van der Waals surface area contributed by atoms with E-state index in [0.717, 1.165) is 44.8 Å². The lowest BCUT2D eigenvalue weighted by Gasteiger charge is -2.12. The third-order valence-corrected chi connectivity index (χ3v) is 5.16. The van der Waals surface area contributed by atoms with Gasteiger partial charge in [0.25, 0.3) is 0 Å². The maximum atomic E-state index is 10.9. The summed E-state index contributed by atoms with van der Waals surface area (Å²) in [6.45, 7) is 1.99. The molecule has 1 amide bonds. The number of aryl methyl sites for hydroxylation is 1. The molecule has 0 spiro atoms. The van der Waals surface area contributed by atoms with Crippen molar-refractivity contribution in [2.24, 2.45) is 5.73 Å². The van der Waals surface area contributed by atoms with E-state index in [9.17, 15) is 4.79 Å². The highest BCUT2D eigenvalue weighted by molar-refractivity contribution is 5.88. The van der Waals surface area contributed by atoms with Crippen LogP contribution in [0.1, 0.15) is 11.3 Å². The van der Waals surface area contributed by atoms with Crippen LogP contribution in [-0.4, -0.2) is 42.6 Å². The van der Waals surface area contributed by atoms with Crippen LogP contribution in [0.15, 0.2) is 55.1 Å². The molecule has 2 N–H and O–H groups in total. The minimum atomic E-state index is -0.830. The first-order chi connectivity index (χ1) is 15.5. The second-order valence-corrected chi connectivity index (χ2v) is 7.14. The summed E-state index contributed by atoms with van der Waals surface area (Å²) in [7, 11) is 1.58. The lowest BCUT2D eigenvalue weighted by atomic mass is 10.1. The molecule has 160 valence electrons. The van der Waals surface area contributed by atoms with Gasteiger partial charge in [-0.15, -0.1) is 0 Å². The Bertz CT molecular complexity index is 1470. The summed E-state index contributed by atoms with van der Waals surface area (Å²) in [4.78, 5) is 20.0. The number of nitrogens with zero attached hydrogens (tertiary/aromatic N) is 6. The van der Waals surface area contributed by atoms with E-state index < -0.39 is 6.09 Å². The van der Waals surface area contributed by atoms with E-state index in [1.54, 1.807) is 36.3 Å². The van der Waals surface area contributed by atoms with Crippen molar-refractivity contribution in [1.29, 1.82) is 0 Å². The van der Waals surface area contributed by atoms with Gasteiger partial charge in [-0.25, -0.2) is 19.0 Å². The Kier molecular flexibility index (Phi) is 4.66. The summed E-state index contributed by atoms with van der Waals surface area (Å²) in [6, 6.07) is 9.27. The SMILES string of the molecule is COc1cc(COC(N)=O)ccc1-n1nc(C)c2cnc(-c3cnn4cccnc34)cc21. The molecule has 0 fully saturated rings. The van der Waals surface area contributed by atoms with Crippen molar-refractivity contribution in [2.45, 2.75) is 13.5 Å². The largest absolute Gasteiger partial charge is 0.494 e. The van der Waals surface area contributed by atoms with E-state index in [1.165, 1.54) is 0 Å². The molecule has 32 heavy (non-hydrogen) atoms. The average molecular weight is 429 g/mol. The predicted molar refractivity (Wildman–Crippen MR) is 117 cm³/mol. The molecule has 1 aromatic carbocycles. The number of hydrogen-bond donors (Lipinski definition) is 1. The number of primary amides is 1. The lowest BCUT2D eigenvalue weighted by molar-refractivity contribution is 0.150. The van der Waals surface area contributed by atoms with Gasteiger partial charge >= 0.3 is 6.09 Å². The van der Waals surface area contributed by atoms with E-state index in [2.05, 4.69) is 15.1 Å². The van der Waals surface area contributed by atoms with Gasteiger partial charge in [-0.1, -0.05) is 6.07 Å². The summed E-state index contributed by atoms with van der Waals surface area (Å²) in [6.07, 6.45) is 6.29. The van der Waals surface area contributed by atoms with Gasteiger partial charge in [0.05, 0.1) is 35.8 Å². The molecule has 0 saturated heterocycles. The van der Waals surface area contributed by atoms with Crippen molar-refractivity contribution >= 4 is 22.6 Å². The third-order valence-electron chi connectivity index (χ3n) is 5.16. The van der Waals surface area contributed by atoms with Gasteiger partial charge in [0, 0.05) is 24.0 Å². The number of carbonyl (C=O) groups is 1. The molecule has 4 aromatic heterocycles. The summed E-state index contributed by atoms with van der Waals surface area (Å²) in [5.41, 5.74) is 10.5. The molecule has 0 atom stereocenters. The lowest BCUT2D eigenvalue weighted by Crippen LogP contribution is -2.12. The number of hydrogen-bond acceptors (Lipinski definition) is 7. The van der Waals surface area contributed by atoms with Crippen molar-refractivity contribution in [3.05, 3.63) is 66.4 Å². The number of ether oxygens (including phenoxy) is 2. The van der Waals surface area contributed by atoms with E-state index in [4.69, 9.17) is 20.3 Å². The Balaban J connectivity index is 1.63. The second-order valence-electron chi connectivity index (χ2n) is 7.14. The molecule has 0 aliphatic carbocycles. The minimum Gasteiger partial charge on any atom is -0.494 e. The van der Waals surface area contributed by atoms with Crippen LogP contribution in [0.3, 0.4) is 0 Å². The van der Waals surface area contributed by atoms with Crippen molar-refractivity contribution in [3.8, 4) is 22.7 Å². The third kappa shape index (κ3) is 3.27. The molecule has 0 bridgehead atoms. The number of benzene rings is 1. The van der Waals surface area contributed by atoms with E-state index in [-0.39, 0.29) is 6.61 Å². The molecular formula is C22H19N7O3. The van der Waals surface area contributed by atoms with Crippen LogP contribution in [0.25, 0.3) is 33.5 Å². The summed E-state index contributed by atoms with van der Waals surface area (Å²) < 4.78 is 14.0. The Labute approximate surface area is 182 Å². The first-order valence-electron chi connectivity index (χ1n) is 9.79. The fourth-order valence-corrected chi connectivity index (χ4v) is 3.64. The van der Waals surface area contributed by atoms with Crippen LogP contribution >= 0.6 is 0 Å². The van der Waals surface area contributed by atoms with Crippen molar-refractivity contribution in [1.82, 2.24) is 29.4 Å². The smallest absolute Gasteiger partial charge is 0.404 e. The fourth-order valence-electron chi connectivity index (χ4n) is 3.64. The van der Waals surface area contributed by atoms with Gasteiger partial charge in [0.2, 0.25) is 0 Å². The molecule has 0 radical (unpaired) electrons. The molecule has 0 aliphatic rings. The number of methoxy groups -OCH3 is 1. The first-order valence-corrected chi connectivity index (χ1v) is 9.79. The highest BCUT2D eigenvalue weighted by Gasteiger charge is 2.17. The Hall–Kier alpha value is -4.47. The van der Waals surface area contributed by atoms with Crippen molar-refractivity contribution in [3.63, 3.8) is 0 Å². The Morgan fingerprint density at radius 1 is 1.19 bits per heavy atom. The van der Waals surface area contributed by atoms with Crippen LogP contribution in [0.4, 0.5) is 4.79 Å². The monoisotopic (exact) mass is 429 g/mol. The zero-order chi connectivity index (χ0) is 22.2. The summed E-state index contributed by atoms with van der Waals surface area (Å²) in [5.74, 6) is 0.580. The minimum absolute atomic E-state index is 0.0562. The average Bonchev–Trinajstić information content (AvgIpc) is 3.38. The van der Waals surface area contributed by atoms with Crippen molar-refractivity contribution < 1.29 is 14.3 Å². The van der Waals surface area contributed by atoms with E-state index in [0.29, 0.717) is 5.75 Å².